The standard InChI is InChI=1S/C15H15Br2NO/c16-13-4-2-1-3-12(13)10-19-15-6-5-11(7-8-18)9-14(15)17/h1-6,9H,7-8,10,18H2. The molecule has 0 saturated carbocycles. The molecule has 0 bridgehead atoms. The van der Waals surface area contributed by atoms with Crippen LogP contribution in [0.5, 0.6) is 5.75 Å². The molecule has 0 fully saturated rings. The molecule has 2 N–H and O–H groups in total. The zero-order valence-corrected chi connectivity index (χ0v) is 13.6. The molecule has 2 nitrogen and oxygen atoms in total. The van der Waals surface area contributed by atoms with Gasteiger partial charge >= 0.3 is 0 Å². The Morgan fingerprint density at radius 3 is 2.47 bits per heavy atom. The highest BCUT2D eigenvalue weighted by molar-refractivity contribution is 9.10. The molecule has 100 valence electrons. The Kier molecular flexibility index (Phi) is 5.43. The van der Waals surface area contributed by atoms with Gasteiger partial charge in [-0.25, -0.2) is 0 Å². The Labute approximate surface area is 130 Å². The number of rotatable bonds is 5. The largest absolute Gasteiger partial charge is 0.488 e. The third-order valence-electron chi connectivity index (χ3n) is 2.77. The predicted octanol–water partition coefficient (Wildman–Crippen LogP) is 4.29. The summed E-state index contributed by atoms with van der Waals surface area (Å²) >= 11 is 7.05. The van der Waals surface area contributed by atoms with Crippen molar-refractivity contribution in [3.8, 4) is 5.75 Å². The van der Waals surface area contributed by atoms with E-state index in [1.807, 2.05) is 36.4 Å². The molecule has 0 aliphatic carbocycles. The number of benzene rings is 2. The van der Waals surface area contributed by atoms with E-state index < -0.39 is 0 Å². The SMILES string of the molecule is NCCc1ccc(OCc2ccccc2Br)c(Br)c1. The fraction of sp³-hybridized carbons (Fsp3) is 0.200. The van der Waals surface area contributed by atoms with Crippen molar-refractivity contribution in [3.63, 3.8) is 0 Å². The first-order chi connectivity index (χ1) is 9.20. The molecule has 19 heavy (non-hydrogen) atoms. The zero-order chi connectivity index (χ0) is 13.7. The van der Waals surface area contributed by atoms with Gasteiger partial charge < -0.3 is 10.5 Å². The molecule has 0 aliphatic heterocycles. The minimum atomic E-state index is 0.538. The van der Waals surface area contributed by atoms with Crippen molar-refractivity contribution in [1.29, 1.82) is 0 Å². The number of ether oxygens (including phenoxy) is 1. The van der Waals surface area contributed by atoms with Gasteiger partial charge in [-0.2, -0.15) is 0 Å². The van der Waals surface area contributed by atoms with E-state index >= 15 is 0 Å². The first-order valence-corrected chi connectivity index (χ1v) is 7.64. The second kappa shape index (κ2) is 7.08. The highest BCUT2D eigenvalue weighted by atomic mass is 79.9. The second-order valence-electron chi connectivity index (χ2n) is 4.18. The number of halogens is 2. The monoisotopic (exact) mass is 383 g/mol. The summed E-state index contributed by atoms with van der Waals surface area (Å²) in [6, 6.07) is 14.1. The molecule has 0 spiro atoms. The van der Waals surface area contributed by atoms with Crippen LogP contribution in [0.25, 0.3) is 0 Å². The summed E-state index contributed by atoms with van der Waals surface area (Å²) in [5.41, 5.74) is 7.88. The molecule has 0 unspecified atom stereocenters. The first-order valence-electron chi connectivity index (χ1n) is 6.05. The maximum absolute atomic E-state index is 5.83. The topological polar surface area (TPSA) is 35.2 Å². The van der Waals surface area contributed by atoms with E-state index in [9.17, 15) is 0 Å². The summed E-state index contributed by atoms with van der Waals surface area (Å²) in [5.74, 6) is 0.844. The van der Waals surface area contributed by atoms with Crippen LogP contribution in [0.2, 0.25) is 0 Å². The third-order valence-corrected chi connectivity index (χ3v) is 4.16. The van der Waals surface area contributed by atoms with E-state index in [4.69, 9.17) is 10.5 Å². The van der Waals surface area contributed by atoms with Gasteiger partial charge in [0, 0.05) is 10.0 Å². The van der Waals surface area contributed by atoms with Crippen molar-refractivity contribution in [3.05, 3.63) is 62.5 Å². The van der Waals surface area contributed by atoms with Crippen LogP contribution < -0.4 is 10.5 Å². The Morgan fingerprint density at radius 1 is 1.00 bits per heavy atom. The van der Waals surface area contributed by atoms with Gasteiger partial charge in [-0.15, -0.1) is 0 Å². The number of hydrogen-bond acceptors (Lipinski definition) is 2. The minimum absolute atomic E-state index is 0.538. The fourth-order valence-electron chi connectivity index (χ4n) is 1.75. The summed E-state index contributed by atoms with van der Waals surface area (Å²) < 4.78 is 7.85. The van der Waals surface area contributed by atoms with Gasteiger partial charge in [0.15, 0.2) is 0 Å². The van der Waals surface area contributed by atoms with Crippen molar-refractivity contribution >= 4 is 31.9 Å². The normalized spacial score (nSPS) is 10.5. The molecule has 0 amide bonds. The first kappa shape index (κ1) is 14.6. The fourth-order valence-corrected chi connectivity index (χ4v) is 2.69. The van der Waals surface area contributed by atoms with Gasteiger partial charge in [0.1, 0.15) is 12.4 Å². The molecule has 4 heteroatoms. The number of hydrogen-bond donors (Lipinski definition) is 1. The summed E-state index contributed by atoms with van der Waals surface area (Å²) in [6.07, 6.45) is 0.878. The third kappa shape index (κ3) is 4.06. The van der Waals surface area contributed by atoms with Crippen molar-refractivity contribution in [2.24, 2.45) is 5.73 Å². The quantitative estimate of drug-likeness (QED) is 0.834. The molecule has 0 aliphatic rings. The van der Waals surface area contributed by atoms with Gasteiger partial charge in [0.2, 0.25) is 0 Å². The van der Waals surface area contributed by atoms with Crippen LogP contribution in [-0.4, -0.2) is 6.54 Å². The average molecular weight is 385 g/mol. The molecule has 2 aromatic carbocycles. The van der Waals surface area contributed by atoms with Crippen LogP contribution in [0.4, 0.5) is 0 Å². The van der Waals surface area contributed by atoms with Crippen molar-refractivity contribution in [1.82, 2.24) is 0 Å². The van der Waals surface area contributed by atoms with E-state index in [1.54, 1.807) is 0 Å². The Balaban J connectivity index is 2.06. The summed E-state index contributed by atoms with van der Waals surface area (Å²) in [5, 5.41) is 0. The van der Waals surface area contributed by atoms with Gasteiger partial charge in [0.25, 0.3) is 0 Å². The maximum Gasteiger partial charge on any atom is 0.134 e. The van der Waals surface area contributed by atoms with E-state index in [0.717, 1.165) is 26.7 Å². The summed E-state index contributed by atoms with van der Waals surface area (Å²) in [4.78, 5) is 0. The maximum atomic E-state index is 5.83. The summed E-state index contributed by atoms with van der Waals surface area (Å²) in [7, 11) is 0. The van der Waals surface area contributed by atoms with E-state index in [2.05, 4.69) is 37.9 Å². The Hall–Kier alpha value is -0.840. The van der Waals surface area contributed by atoms with E-state index in [-0.39, 0.29) is 0 Å². The van der Waals surface area contributed by atoms with Crippen LogP contribution in [0, 0.1) is 0 Å². The molecular weight excluding hydrogens is 370 g/mol. The van der Waals surface area contributed by atoms with Crippen molar-refractivity contribution < 1.29 is 4.74 Å². The molecule has 0 atom stereocenters. The van der Waals surface area contributed by atoms with Crippen molar-refractivity contribution in [2.75, 3.05) is 6.54 Å². The Bertz CT molecular complexity index is 558. The smallest absolute Gasteiger partial charge is 0.134 e. The summed E-state index contributed by atoms with van der Waals surface area (Å²) in [6.45, 7) is 1.19. The zero-order valence-electron chi connectivity index (χ0n) is 10.4. The molecule has 0 heterocycles. The van der Waals surface area contributed by atoms with Crippen LogP contribution in [-0.2, 0) is 13.0 Å². The average Bonchev–Trinajstić information content (AvgIpc) is 2.40. The van der Waals surface area contributed by atoms with Crippen molar-refractivity contribution in [2.45, 2.75) is 13.0 Å². The molecule has 2 aromatic rings. The molecular formula is C15H15Br2NO. The predicted molar refractivity (Wildman–Crippen MR) is 85.4 cm³/mol. The lowest BCUT2D eigenvalue weighted by atomic mass is 10.1. The minimum Gasteiger partial charge on any atom is -0.488 e. The van der Waals surface area contributed by atoms with E-state index in [0.29, 0.717) is 13.2 Å². The lowest BCUT2D eigenvalue weighted by Gasteiger charge is -2.10. The van der Waals surface area contributed by atoms with Gasteiger partial charge in [0.05, 0.1) is 4.47 Å². The second-order valence-corrected chi connectivity index (χ2v) is 5.89. The van der Waals surface area contributed by atoms with Crippen LogP contribution in [0.3, 0.4) is 0 Å². The molecule has 0 aromatic heterocycles. The Morgan fingerprint density at radius 2 is 1.79 bits per heavy atom. The highest BCUT2D eigenvalue weighted by Gasteiger charge is 2.04. The van der Waals surface area contributed by atoms with Crippen LogP contribution >= 0.6 is 31.9 Å². The van der Waals surface area contributed by atoms with E-state index in [1.165, 1.54) is 5.56 Å². The number of nitrogens with two attached hydrogens (primary N) is 1. The lowest BCUT2D eigenvalue weighted by Crippen LogP contribution is -2.03. The van der Waals surface area contributed by atoms with Gasteiger partial charge in [-0.05, 0) is 52.7 Å². The van der Waals surface area contributed by atoms with Gasteiger partial charge in [-0.3, -0.25) is 0 Å². The molecule has 2 rings (SSSR count). The van der Waals surface area contributed by atoms with Crippen LogP contribution in [0.15, 0.2) is 51.4 Å². The molecule has 0 radical (unpaired) electrons. The lowest BCUT2D eigenvalue weighted by molar-refractivity contribution is 0.303. The van der Waals surface area contributed by atoms with Gasteiger partial charge in [-0.1, -0.05) is 40.2 Å². The van der Waals surface area contributed by atoms with Crippen LogP contribution in [0.1, 0.15) is 11.1 Å². The molecule has 0 saturated heterocycles. The highest BCUT2D eigenvalue weighted by Crippen LogP contribution is 2.27.